The monoisotopic (exact) mass is 400 g/mol. The molecule has 0 aromatic heterocycles. The van der Waals surface area contributed by atoms with E-state index in [1.165, 1.54) is 62.4 Å². The van der Waals surface area contributed by atoms with Crippen LogP contribution in [0.4, 0.5) is 0 Å². The zero-order valence-electron chi connectivity index (χ0n) is 16.0. The van der Waals surface area contributed by atoms with E-state index in [4.69, 9.17) is 9.29 Å². The minimum absolute atomic E-state index is 0. The summed E-state index contributed by atoms with van der Waals surface area (Å²) in [7, 11) is -4.24. The van der Waals surface area contributed by atoms with Gasteiger partial charge in [-0.3, -0.25) is 4.55 Å². The van der Waals surface area contributed by atoms with Crippen LogP contribution in [-0.2, 0) is 16.5 Å². The molecule has 0 unspecified atom stereocenters. The predicted octanol–water partition coefficient (Wildman–Crippen LogP) is 1.71. The van der Waals surface area contributed by atoms with E-state index in [2.05, 4.69) is 6.92 Å². The third kappa shape index (κ3) is 8.23. The maximum atomic E-state index is 12.0. The van der Waals surface area contributed by atoms with Crippen LogP contribution in [0.2, 0.25) is 0 Å². The first kappa shape index (κ1) is 24.0. The maximum absolute atomic E-state index is 12.0. The first-order valence-corrected chi connectivity index (χ1v) is 10.4. The van der Waals surface area contributed by atoms with Crippen LogP contribution in [0.3, 0.4) is 0 Å². The third-order valence-electron chi connectivity index (χ3n) is 4.18. The van der Waals surface area contributed by atoms with Crippen molar-refractivity contribution in [3.63, 3.8) is 0 Å². The summed E-state index contributed by atoms with van der Waals surface area (Å²) >= 11 is 0. The normalized spacial score (nSPS) is 11.0. The van der Waals surface area contributed by atoms with Crippen molar-refractivity contribution in [3.05, 3.63) is 48.0 Å². The summed E-state index contributed by atoms with van der Waals surface area (Å²) in [6.07, 6.45) is 8.15. The topological polar surface area (TPSA) is 86.7 Å². The summed E-state index contributed by atoms with van der Waals surface area (Å²) in [4.78, 5) is -0.218. The molecule has 2 aromatic carbocycles. The molecule has 27 heavy (non-hydrogen) atoms. The Kier molecular flexibility index (Phi) is 10.4. The molecule has 0 saturated heterocycles. The van der Waals surface area contributed by atoms with Gasteiger partial charge in [-0.25, -0.2) is 0 Å². The zero-order valence-corrected chi connectivity index (χ0v) is 18.8. The van der Waals surface area contributed by atoms with Crippen LogP contribution in [0.15, 0.2) is 47.4 Å². The first-order valence-electron chi connectivity index (χ1n) is 8.95. The number of unbranched alkanes of at least 4 members (excludes halogenated alkanes) is 5. The summed E-state index contributed by atoms with van der Waals surface area (Å²) < 4.78 is 36.7. The first-order chi connectivity index (χ1) is 12.4. The van der Waals surface area contributed by atoms with Gasteiger partial charge in [-0.1, -0.05) is 56.9 Å². The molecule has 2 rings (SSSR count). The van der Waals surface area contributed by atoms with Gasteiger partial charge in [0.15, 0.2) is 0 Å². The fraction of sp³-hybridized carbons (Fsp3) is 0.400. The summed E-state index contributed by atoms with van der Waals surface area (Å²) in [6, 6.07) is 10.3. The van der Waals surface area contributed by atoms with Crippen LogP contribution in [0.1, 0.15) is 51.0 Å². The average Bonchev–Trinajstić information content (AvgIpc) is 2.60. The summed E-state index contributed by atoms with van der Waals surface area (Å²) in [6.45, 7) is 2.20. The second-order valence-corrected chi connectivity index (χ2v) is 7.77. The third-order valence-corrected chi connectivity index (χ3v) is 5.04. The molecule has 142 valence electrons. The molecule has 2 aromatic rings. The number of benzene rings is 2. The Balaban J connectivity index is 0.00000364. The van der Waals surface area contributed by atoms with Crippen LogP contribution in [-0.4, -0.2) is 13.0 Å². The quantitative estimate of drug-likeness (QED) is 0.373. The largest absolute Gasteiger partial charge is 1.00 e. The van der Waals surface area contributed by atoms with Crippen molar-refractivity contribution < 1.29 is 52.4 Å². The molecule has 0 aliphatic rings. The number of rotatable bonds is 10. The van der Waals surface area contributed by atoms with Crippen LogP contribution in [0.5, 0.6) is 17.2 Å². The Hall–Kier alpha value is -1.05. The second-order valence-electron chi connectivity index (χ2n) is 6.35. The molecule has 0 saturated carbocycles. The van der Waals surface area contributed by atoms with Gasteiger partial charge >= 0.3 is 29.6 Å². The van der Waals surface area contributed by atoms with Crippen molar-refractivity contribution in [2.75, 3.05) is 0 Å². The number of ether oxygens (including phenoxy) is 1. The van der Waals surface area contributed by atoms with Crippen molar-refractivity contribution in [2.45, 2.75) is 56.8 Å². The molecule has 7 heteroatoms. The summed E-state index contributed by atoms with van der Waals surface area (Å²) in [5, 5.41) is 12.0. The van der Waals surface area contributed by atoms with Crippen LogP contribution in [0, 0.1) is 0 Å². The van der Waals surface area contributed by atoms with E-state index in [-0.39, 0.29) is 46.0 Å². The van der Waals surface area contributed by atoms with E-state index < -0.39 is 10.1 Å². The van der Waals surface area contributed by atoms with Gasteiger partial charge in [0.2, 0.25) is 0 Å². The molecule has 0 amide bonds. The molecule has 0 radical (unpaired) electrons. The molecule has 5 nitrogen and oxygen atoms in total. The molecule has 0 atom stereocenters. The minimum Gasteiger partial charge on any atom is -0.870 e. The van der Waals surface area contributed by atoms with Gasteiger partial charge in [0.05, 0.1) is 4.90 Å². The van der Waals surface area contributed by atoms with Crippen LogP contribution < -0.4 is 39.4 Å². The standard InChI is InChI=1S/C20H26O5S.Na/c1-2-3-4-5-6-7-8-16-9-14-19(21)20(15-16)25-17-10-12-18(13-11-17)26(22,23)24;/h9-15,21H,2-8H2,1H3,(H,22,23,24);/q;+1/p-1. The van der Waals surface area contributed by atoms with Gasteiger partial charge < -0.3 is 9.84 Å². The fourth-order valence-corrected chi connectivity index (χ4v) is 3.18. The van der Waals surface area contributed by atoms with Gasteiger partial charge in [-0.2, -0.15) is 8.42 Å². The summed E-state index contributed by atoms with van der Waals surface area (Å²) in [5.74, 6) is 0.329. The van der Waals surface area contributed by atoms with E-state index in [0.717, 1.165) is 18.4 Å². The Morgan fingerprint density at radius 1 is 0.963 bits per heavy atom. The van der Waals surface area contributed by atoms with Crippen molar-refractivity contribution in [1.29, 1.82) is 0 Å². The van der Waals surface area contributed by atoms with Crippen molar-refractivity contribution >= 4 is 10.1 Å². The zero-order chi connectivity index (χ0) is 19.0. The van der Waals surface area contributed by atoms with Crippen molar-refractivity contribution in [3.8, 4) is 17.2 Å². The molecule has 0 fully saturated rings. The Morgan fingerprint density at radius 3 is 2.22 bits per heavy atom. The molecule has 0 spiro atoms. The van der Waals surface area contributed by atoms with Gasteiger partial charge in [0.25, 0.3) is 10.1 Å². The van der Waals surface area contributed by atoms with Crippen LogP contribution >= 0.6 is 0 Å². The Labute approximate surface area is 183 Å². The van der Waals surface area contributed by atoms with Gasteiger partial charge in [-0.05, 0) is 48.7 Å². The van der Waals surface area contributed by atoms with E-state index in [0.29, 0.717) is 5.75 Å². The van der Waals surface area contributed by atoms with E-state index in [9.17, 15) is 13.5 Å². The number of hydrogen-bond acceptors (Lipinski definition) is 4. The minimum atomic E-state index is -4.24. The van der Waals surface area contributed by atoms with Crippen LogP contribution in [0.25, 0.3) is 0 Å². The van der Waals surface area contributed by atoms with Gasteiger partial charge in [0, 0.05) is 0 Å². The van der Waals surface area contributed by atoms with E-state index >= 15 is 0 Å². The van der Waals surface area contributed by atoms with Crippen molar-refractivity contribution in [2.24, 2.45) is 0 Å². The Bertz CT molecular complexity index is 804. The average molecular weight is 400 g/mol. The van der Waals surface area contributed by atoms with Gasteiger partial charge in [0.1, 0.15) is 11.5 Å². The van der Waals surface area contributed by atoms with Crippen molar-refractivity contribution in [1.82, 2.24) is 0 Å². The number of aryl methyl sites for hydroxylation is 1. The van der Waals surface area contributed by atoms with Gasteiger partial charge in [-0.15, -0.1) is 0 Å². The maximum Gasteiger partial charge on any atom is 1.00 e. The molecule has 1 N–H and O–H groups in total. The summed E-state index contributed by atoms with van der Waals surface area (Å²) in [5.41, 5.74) is 1.05. The predicted molar refractivity (Wildman–Crippen MR) is 99.3 cm³/mol. The fourth-order valence-electron chi connectivity index (χ4n) is 2.70. The Morgan fingerprint density at radius 2 is 1.59 bits per heavy atom. The molecule has 0 aliphatic heterocycles. The molecule has 0 aliphatic carbocycles. The SMILES string of the molecule is CCCCCCCCc1ccc([O-])c(Oc2ccc(S(=O)(=O)O)cc2)c1.[Na+]. The van der Waals surface area contributed by atoms with E-state index in [1.807, 2.05) is 6.07 Å². The number of hydrogen-bond donors (Lipinski definition) is 1. The molecular formula is C20H25NaO5S. The molecular weight excluding hydrogens is 375 g/mol. The molecule has 0 heterocycles. The smallest absolute Gasteiger partial charge is 0.870 e. The molecule has 0 bridgehead atoms. The van der Waals surface area contributed by atoms with E-state index in [1.54, 1.807) is 6.07 Å². The second kappa shape index (κ2) is 11.7.